The third-order valence-electron chi connectivity index (χ3n) is 2.75. The predicted molar refractivity (Wildman–Crippen MR) is 63.9 cm³/mol. The second-order valence-corrected chi connectivity index (χ2v) is 4.47. The van der Waals surface area contributed by atoms with Crippen molar-refractivity contribution >= 4 is 0 Å². The van der Waals surface area contributed by atoms with E-state index in [2.05, 4.69) is 5.32 Å². The van der Waals surface area contributed by atoms with E-state index in [-0.39, 0.29) is 0 Å². The van der Waals surface area contributed by atoms with E-state index in [0.29, 0.717) is 0 Å². The van der Waals surface area contributed by atoms with Gasteiger partial charge in [0.15, 0.2) is 0 Å². The molecule has 1 aliphatic rings. The van der Waals surface area contributed by atoms with Gasteiger partial charge in [-0.05, 0) is 57.7 Å². The second-order valence-electron chi connectivity index (χ2n) is 4.47. The lowest BCUT2D eigenvalue weighted by Gasteiger charge is -2.05. The van der Waals surface area contributed by atoms with Crippen molar-refractivity contribution in [3.63, 3.8) is 0 Å². The first-order valence-corrected chi connectivity index (χ1v) is 6.42. The Hall–Kier alpha value is -0.120. The molecule has 1 fully saturated rings. The van der Waals surface area contributed by atoms with Crippen LogP contribution in [0.25, 0.3) is 0 Å². The summed E-state index contributed by atoms with van der Waals surface area (Å²) in [6.45, 7) is 4.97. The van der Waals surface area contributed by atoms with Gasteiger partial charge in [0.2, 0.25) is 0 Å². The molecule has 0 amide bonds. The van der Waals surface area contributed by atoms with E-state index in [0.717, 1.165) is 51.6 Å². The summed E-state index contributed by atoms with van der Waals surface area (Å²) >= 11 is 0. The van der Waals surface area contributed by atoms with Crippen molar-refractivity contribution < 1.29 is 4.74 Å². The normalized spacial score (nSPS) is 15.8. The highest BCUT2D eigenvalue weighted by atomic mass is 16.5. The van der Waals surface area contributed by atoms with E-state index in [1.165, 1.54) is 25.7 Å². The maximum Gasteiger partial charge on any atom is 0.0494 e. The topological polar surface area (TPSA) is 47.3 Å². The van der Waals surface area contributed by atoms with Gasteiger partial charge < -0.3 is 15.8 Å². The quantitative estimate of drug-likeness (QED) is 0.513. The lowest BCUT2D eigenvalue weighted by atomic mass is 10.2. The van der Waals surface area contributed by atoms with E-state index in [4.69, 9.17) is 10.5 Å². The molecule has 3 heteroatoms. The molecule has 1 rings (SSSR count). The molecular formula is C12H26N2O. The fourth-order valence-corrected chi connectivity index (χ4v) is 1.53. The Morgan fingerprint density at radius 3 is 2.60 bits per heavy atom. The maximum atomic E-state index is 5.55. The highest BCUT2D eigenvalue weighted by Crippen LogP contribution is 2.28. The zero-order valence-electron chi connectivity index (χ0n) is 9.84. The summed E-state index contributed by atoms with van der Waals surface area (Å²) in [6, 6.07) is 0. The Bertz CT molecular complexity index is 138. The number of hydrogen-bond donors (Lipinski definition) is 2. The van der Waals surface area contributed by atoms with Gasteiger partial charge in [-0.25, -0.2) is 0 Å². The number of nitrogens with two attached hydrogens (primary N) is 1. The Balaban J connectivity index is 1.62. The standard InChI is InChI=1S/C12H26N2O/c13-7-2-1-3-8-14-9-4-10-15-11-12-5-6-12/h12,14H,1-11,13H2. The molecule has 0 aromatic carbocycles. The fraction of sp³-hybridized carbons (Fsp3) is 1.00. The van der Waals surface area contributed by atoms with Crippen molar-refractivity contribution in [1.29, 1.82) is 0 Å². The Labute approximate surface area is 93.8 Å². The van der Waals surface area contributed by atoms with Crippen molar-refractivity contribution in [2.45, 2.75) is 38.5 Å². The zero-order chi connectivity index (χ0) is 10.8. The van der Waals surface area contributed by atoms with Gasteiger partial charge in [-0.2, -0.15) is 0 Å². The molecule has 0 heterocycles. The lowest BCUT2D eigenvalue weighted by molar-refractivity contribution is 0.122. The van der Waals surface area contributed by atoms with Gasteiger partial charge in [0, 0.05) is 13.2 Å². The monoisotopic (exact) mass is 214 g/mol. The summed E-state index contributed by atoms with van der Waals surface area (Å²) in [4.78, 5) is 0. The van der Waals surface area contributed by atoms with Gasteiger partial charge in [0.05, 0.1) is 0 Å². The Kier molecular flexibility index (Phi) is 7.88. The van der Waals surface area contributed by atoms with Crippen LogP contribution < -0.4 is 11.1 Å². The third kappa shape index (κ3) is 8.85. The molecule has 90 valence electrons. The first-order chi connectivity index (χ1) is 7.43. The van der Waals surface area contributed by atoms with Crippen LogP contribution >= 0.6 is 0 Å². The first-order valence-electron chi connectivity index (χ1n) is 6.42. The van der Waals surface area contributed by atoms with Crippen molar-refractivity contribution in [2.24, 2.45) is 11.7 Å². The molecular weight excluding hydrogens is 188 g/mol. The SMILES string of the molecule is NCCCCCNCCCOCC1CC1. The molecule has 0 radical (unpaired) electrons. The molecule has 1 aliphatic carbocycles. The van der Waals surface area contributed by atoms with Crippen LogP contribution in [0, 0.1) is 5.92 Å². The fourth-order valence-electron chi connectivity index (χ4n) is 1.53. The van der Waals surface area contributed by atoms with E-state index in [1.807, 2.05) is 0 Å². The maximum absolute atomic E-state index is 5.55. The highest BCUT2D eigenvalue weighted by Gasteiger charge is 2.20. The Morgan fingerprint density at radius 2 is 1.87 bits per heavy atom. The number of ether oxygens (including phenoxy) is 1. The van der Waals surface area contributed by atoms with Crippen LogP contribution in [-0.2, 0) is 4.74 Å². The number of hydrogen-bond acceptors (Lipinski definition) is 3. The molecule has 0 aliphatic heterocycles. The average Bonchev–Trinajstić information content (AvgIpc) is 3.05. The predicted octanol–water partition coefficient (Wildman–Crippen LogP) is 1.52. The van der Waals surface area contributed by atoms with Crippen molar-refractivity contribution in [3.8, 4) is 0 Å². The van der Waals surface area contributed by atoms with Crippen molar-refractivity contribution in [2.75, 3.05) is 32.8 Å². The second kappa shape index (κ2) is 9.13. The van der Waals surface area contributed by atoms with Gasteiger partial charge >= 0.3 is 0 Å². The third-order valence-corrected chi connectivity index (χ3v) is 2.75. The van der Waals surface area contributed by atoms with Gasteiger partial charge in [-0.3, -0.25) is 0 Å². The van der Waals surface area contributed by atoms with Crippen LogP contribution in [0.15, 0.2) is 0 Å². The minimum absolute atomic E-state index is 0.828. The van der Waals surface area contributed by atoms with Gasteiger partial charge in [-0.1, -0.05) is 6.42 Å². The smallest absolute Gasteiger partial charge is 0.0494 e. The minimum atomic E-state index is 0.828. The van der Waals surface area contributed by atoms with Crippen LogP contribution in [0.5, 0.6) is 0 Å². The van der Waals surface area contributed by atoms with Crippen LogP contribution in [-0.4, -0.2) is 32.8 Å². The first kappa shape index (κ1) is 12.9. The van der Waals surface area contributed by atoms with Crippen LogP contribution in [0.1, 0.15) is 38.5 Å². The highest BCUT2D eigenvalue weighted by molar-refractivity contribution is 4.71. The van der Waals surface area contributed by atoms with Gasteiger partial charge in [-0.15, -0.1) is 0 Å². The lowest BCUT2D eigenvalue weighted by Crippen LogP contribution is -2.18. The van der Waals surface area contributed by atoms with Gasteiger partial charge in [0.1, 0.15) is 0 Å². The molecule has 0 aromatic heterocycles. The molecule has 15 heavy (non-hydrogen) atoms. The zero-order valence-corrected chi connectivity index (χ0v) is 9.84. The summed E-state index contributed by atoms with van der Waals surface area (Å²) in [6.07, 6.45) is 7.58. The van der Waals surface area contributed by atoms with E-state index >= 15 is 0 Å². The summed E-state index contributed by atoms with van der Waals surface area (Å²) in [5.74, 6) is 0.897. The van der Waals surface area contributed by atoms with E-state index in [1.54, 1.807) is 0 Å². The molecule has 3 N–H and O–H groups in total. The van der Waals surface area contributed by atoms with Gasteiger partial charge in [0.25, 0.3) is 0 Å². The average molecular weight is 214 g/mol. The Morgan fingerprint density at radius 1 is 1.07 bits per heavy atom. The summed E-state index contributed by atoms with van der Waals surface area (Å²) in [5, 5.41) is 3.43. The number of nitrogens with one attached hydrogen (secondary N) is 1. The van der Waals surface area contributed by atoms with Crippen molar-refractivity contribution in [3.05, 3.63) is 0 Å². The molecule has 0 bridgehead atoms. The molecule has 0 atom stereocenters. The van der Waals surface area contributed by atoms with E-state index < -0.39 is 0 Å². The molecule has 0 saturated heterocycles. The van der Waals surface area contributed by atoms with E-state index in [9.17, 15) is 0 Å². The van der Waals surface area contributed by atoms with Crippen molar-refractivity contribution in [1.82, 2.24) is 5.32 Å². The van der Waals surface area contributed by atoms with Crippen LogP contribution in [0.2, 0.25) is 0 Å². The largest absolute Gasteiger partial charge is 0.381 e. The number of rotatable bonds is 11. The molecule has 3 nitrogen and oxygen atoms in total. The molecule has 0 spiro atoms. The summed E-state index contributed by atoms with van der Waals surface area (Å²) in [7, 11) is 0. The molecule has 0 aromatic rings. The summed E-state index contributed by atoms with van der Waals surface area (Å²) in [5.41, 5.74) is 5.42. The van der Waals surface area contributed by atoms with Crippen LogP contribution in [0.3, 0.4) is 0 Å². The molecule has 0 unspecified atom stereocenters. The van der Waals surface area contributed by atoms with Crippen LogP contribution in [0.4, 0.5) is 0 Å². The number of unbranched alkanes of at least 4 members (excludes halogenated alkanes) is 2. The summed E-state index contributed by atoms with van der Waals surface area (Å²) < 4.78 is 5.55. The minimum Gasteiger partial charge on any atom is -0.381 e. The molecule has 1 saturated carbocycles.